The average molecular weight is 340 g/mol. The first-order valence-corrected chi connectivity index (χ1v) is 7.96. The molecule has 0 fully saturated rings. The topological polar surface area (TPSA) is 72.5 Å². The van der Waals surface area contributed by atoms with E-state index in [2.05, 4.69) is 9.46 Å². The summed E-state index contributed by atoms with van der Waals surface area (Å²) in [6.45, 7) is 3.17. The van der Waals surface area contributed by atoms with Crippen molar-refractivity contribution in [2.75, 3.05) is 13.7 Å². The molecule has 0 aliphatic carbocycles. The van der Waals surface area contributed by atoms with Gasteiger partial charge < -0.3 is 4.74 Å². The van der Waals surface area contributed by atoms with Gasteiger partial charge in [0.15, 0.2) is 0 Å². The molecule has 1 aromatic carbocycles. The highest BCUT2D eigenvalue weighted by molar-refractivity contribution is 7.89. The molecule has 0 spiro atoms. The lowest BCUT2D eigenvalue weighted by molar-refractivity contribution is -0.140. The van der Waals surface area contributed by atoms with E-state index in [1.165, 1.54) is 7.11 Å². The number of nitrogens with one attached hydrogen (secondary N) is 1. The van der Waals surface area contributed by atoms with E-state index in [9.17, 15) is 13.2 Å². The van der Waals surface area contributed by atoms with Crippen LogP contribution in [-0.4, -0.2) is 28.0 Å². The molecule has 0 saturated heterocycles. The lowest BCUT2D eigenvalue weighted by Gasteiger charge is -2.13. The number of methoxy groups -OCH3 is 1. The summed E-state index contributed by atoms with van der Waals surface area (Å²) in [6.07, 6.45) is -0.0635. The summed E-state index contributed by atoms with van der Waals surface area (Å²) in [7, 11) is -2.61. The number of ether oxygens (including phenoxy) is 1. The predicted molar refractivity (Wildman–Crippen MR) is 77.8 cm³/mol. The van der Waals surface area contributed by atoms with Gasteiger partial charge >= 0.3 is 5.97 Å². The molecule has 0 aliphatic rings. The van der Waals surface area contributed by atoms with Crippen LogP contribution in [0.25, 0.3) is 0 Å². The molecule has 0 aromatic heterocycles. The highest BCUT2D eigenvalue weighted by atomic mass is 35.5. The van der Waals surface area contributed by atoms with Crippen molar-refractivity contribution in [1.29, 1.82) is 0 Å². The molecule has 1 N–H and O–H groups in total. The Morgan fingerprint density at radius 2 is 1.95 bits per heavy atom. The highest BCUT2D eigenvalue weighted by Gasteiger charge is 2.23. The molecule has 0 bridgehead atoms. The van der Waals surface area contributed by atoms with Gasteiger partial charge in [-0.25, -0.2) is 13.1 Å². The fraction of sp³-hybridized carbons (Fsp3) is 0.417. The molecule has 8 heteroatoms. The van der Waals surface area contributed by atoms with Gasteiger partial charge in [-0.05, 0) is 31.0 Å². The van der Waals surface area contributed by atoms with E-state index < -0.39 is 16.0 Å². The number of sulfonamides is 1. The molecule has 1 aromatic rings. The first kappa shape index (κ1) is 17.2. The van der Waals surface area contributed by atoms with Gasteiger partial charge in [-0.15, -0.1) is 0 Å². The smallest absolute Gasteiger partial charge is 0.306 e. The van der Waals surface area contributed by atoms with E-state index in [4.69, 9.17) is 23.2 Å². The van der Waals surface area contributed by atoms with Crippen LogP contribution in [0.3, 0.4) is 0 Å². The van der Waals surface area contributed by atoms with Crippen LogP contribution in [0.2, 0.25) is 10.0 Å². The summed E-state index contributed by atoms with van der Waals surface area (Å²) in [5.74, 6) is -0.502. The summed E-state index contributed by atoms with van der Waals surface area (Å²) >= 11 is 12.0. The zero-order valence-corrected chi connectivity index (χ0v) is 13.6. The predicted octanol–water partition coefficient (Wildman–Crippen LogP) is 2.45. The summed E-state index contributed by atoms with van der Waals surface area (Å²) in [5.41, 5.74) is 0.934. The van der Waals surface area contributed by atoms with Gasteiger partial charge in [0.25, 0.3) is 0 Å². The third-order valence-corrected chi connectivity index (χ3v) is 5.33. The highest BCUT2D eigenvalue weighted by Crippen LogP contribution is 2.33. The average Bonchev–Trinajstić information content (AvgIpc) is 2.36. The van der Waals surface area contributed by atoms with Crippen LogP contribution >= 0.6 is 23.2 Å². The third kappa shape index (κ3) is 3.85. The lowest BCUT2D eigenvalue weighted by Crippen LogP contribution is -2.27. The van der Waals surface area contributed by atoms with Crippen LogP contribution in [0.5, 0.6) is 0 Å². The summed E-state index contributed by atoms with van der Waals surface area (Å²) in [6, 6.07) is 1.60. The molecule has 0 heterocycles. The molecular formula is C12H15Cl2NO4S. The molecule has 0 aliphatic heterocycles. The van der Waals surface area contributed by atoms with E-state index >= 15 is 0 Å². The second kappa shape index (κ2) is 6.76. The maximum absolute atomic E-state index is 12.2. The van der Waals surface area contributed by atoms with Crippen molar-refractivity contribution in [3.05, 3.63) is 27.2 Å². The van der Waals surface area contributed by atoms with Crippen LogP contribution in [0, 0.1) is 13.8 Å². The quantitative estimate of drug-likeness (QED) is 0.836. The Balaban J connectivity index is 3.07. The minimum atomic E-state index is -3.84. The first-order valence-electron chi connectivity index (χ1n) is 5.72. The fourth-order valence-electron chi connectivity index (χ4n) is 1.60. The first-order chi connectivity index (χ1) is 9.20. The third-order valence-electron chi connectivity index (χ3n) is 2.71. The van der Waals surface area contributed by atoms with Crippen LogP contribution < -0.4 is 4.72 Å². The van der Waals surface area contributed by atoms with Gasteiger partial charge in [-0.2, -0.15) is 0 Å². The summed E-state index contributed by atoms with van der Waals surface area (Å²) in [5, 5.41) is 0.442. The Bertz CT molecular complexity index is 603. The second-order valence-electron chi connectivity index (χ2n) is 4.17. The SMILES string of the molecule is COC(=O)CCNS(=O)(=O)c1c(C)c(Cl)cc(C)c1Cl. The number of hydrogen-bond donors (Lipinski definition) is 1. The van der Waals surface area contributed by atoms with Crippen molar-refractivity contribution in [3.8, 4) is 0 Å². The normalized spacial score (nSPS) is 11.4. The van der Waals surface area contributed by atoms with Crippen LogP contribution in [0.1, 0.15) is 17.5 Å². The largest absolute Gasteiger partial charge is 0.469 e. The number of carbonyl (C=O) groups excluding carboxylic acids is 1. The van der Waals surface area contributed by atoms with Crippen molar-refractivity contribution in [2.24, 2.45) is 0 Å². The molecule has 0 saturated carbocycles. The zero-order chi connectivity index (χ0) is 15.5. The molecule has 1 rings (SSSR count). The Morgan fingerprint density at radius 1 is 1.35 bits per heavy atom. The van der Waals surface area contributed by atoms with Crippen molar-refractivity contribution < 1.29 is 17.9 Å². The maximum Gasteiger partial charge on any atom is 0.306 e. The van der Waals surface area contributed by atoms with Crippen LogP contribution in [0.4, 0.5) is 0 Å². The van der Waals surface area contributed by atoms with E-state index in [0.717, 1.165) is 0 Å². The van der Waals surface area contributed by atoms with Crippen molar-refractivity contribution >= 4 is 39.2 Å². The Morgan fingerprint density at radius 3 is 2.50 bits per heavy atom. The Kier molecular flexibility index (Phi) is 5.82. The number of rotatable bonds is 5. The van der Waals surface area contributed by atoms with Gasteiger partial charge in [0.05, 0.1) is 18.6 Å². The number of halogens is 2. The minimum absolute atomic E-state index is 0.0611. The molecule has 0 amide bonds. The van der Waals surface area contributed by atoms with Crippen molar-refractivity contribution in [1.82, 2.24) is 4.72 Å². The van der Waals surface area contributed by atoms with E-state index in [1.807, 2.05) is 0 Å². The zero-order valence-electron chi connectivity index (χ0n) is 11.3. The Hall–Kier alpha value is -0.820. The standard InChI is InChI=1S/C12H15Cl2NO4S/c1-7-6-9(13)8(2)12(11(7)14)20(17,18)15-5-4-10(16)19-3/h6,15H,4-5H2,1-3H3. The van der Waals surface area contributed by atoms with Gasteiger partial charge in [0.2, 0.25) is 10.0 Å². The lowest BCUT2D eigenvalue weighted by atomic mass is 10.2. The van der Waals surface area contributed by atoms with E-state index in [0.29, 0.717) is 16.1 Å². The van der Waals surface area contributed by atoms with Crippen LogP contribution in [-0.2, 0) is 19.6 Å². The number of benzene rings is 1. The number of esters is 1. The summed E-state index contributed by atoms with van der Waals surface area (Å²) in [4.78, 5) is 10.9. The number of aryl methyl sites for hydroxylation is 1. The van der Waals surface area contributed by atoms with Gasteiger partial charge in [0, 0.05) is 11.6 Å². The maximum atomic E-state index is 12.2. The molecule has 112 valence electrons. The van der Waals surface area contributed by atoms with E-state index in [-0.39, 0.29) is 22.9 Å². The Labute approximate surface area is 128 Å². The molecule has 0 atom stereocenters. The molecule has 5 nitrogen and oxygen atoms in total. The fourth-order valence-corrected chi connectivity index (χ4v) is 3.84. The van der Waals surface area contributed by atoms with E-state index in [1.54, 1.807) is 19.9 Å². The minimum Gasteiger partial charge on any atom is -0.469 e. The van der Waals surface area contributed by atoms with Gasteiger partial charge in [0.1, 0.15) is 4.90 Å². The monoisotopic (exact) mass is 339 g/mol. The number of hydrogen-bond acceptors (Lipinski definition) is 4. The van der Waals surface area contributed by atoms with Gasteiger partial charge in [-0.1, -0.05) is 23.2 Å². The molecular weight excluding hydrogens is 325 g/mol. The van der Waals surface area contributed by atoms with Crippen LogP contribution in [0.15, 0.2) is 11.0 Å². The molecule has 0 radical (unpaired) electrons. The molecule has 20 heavy (non-hydrogen) atoms. The number of carbonyl (C=O) groups is 1. The van der Waals surface area contributed by atoms with Gasteiger partial charge in [-0.3, -0.25) is 4.79 Å². The van der Waals surface area contributed by atoms with Crippen molar-refractivity contribution in [2.45, 2.75) is 25.2 Å². The summed E-state index contributed by atoms with van der Waals surface area (Å²) < 4.78 is 31.2. The second-order valence-corrected chi connectivity index (χ2v) is 6.66. The van der Waals surface area contributed by atoms with Crippen molar-refractivity contribution in [3.63, 3.8) is 0 Å². The molecule has 0 unspecified atom stereocenters.